The molecule has 0 aromatic rings. The van der Waals surface area contributed by atoms with Gasteiger partial charge in [0, 0.05) is 18.5 Å². The first-order valence-electron chi connectivity index (χ1n) is 7.05. The molecule has 0 N–H and O–H groups in total. The fraction of sp³-hybridized carbons (Fsp3) is 0.929. The van der Waals surface area contributed by atoms with Crippen LogP contribution < -0.4 is 0 Å². The molecule has 3 heterocycles. The van der Waals surface area contributed by atoms with Gasteiger partial charge in [-0.3, -0.25) is 4.84 Å². The van der Waals surface area contributed by atoms with Gasteiger partial charge in [-0.1, -0.05) is 0 Å². The minimum atomic E-state index is -0.556. The number of hydrogen-bond donors (Lipinski definition) is 0. The molecule has 0 spiro atoms. The van der Waals surface area contributed by atoms with Gasteiger partial charge in [0.1, 0.15) is 0 Å². The molecule has 0 aromatic heterocycles. The van der Waals surface area contributed by atoms with E-state index in [1.165, 1.54) is 32.1 Å². The normalized spacial score (nSPS) is 56.6. The second kappa shape index (κ2) is 3.24. The first kappa shape index (κ1) is 10.3. The maximum Gasteiger partial charge on any atom is 0.174 e. The first-order chi connectivity index (χ1) is 8.17. The van der Waals surface area contributed by atoms with Crippen molar-refractivity contribution in [2.45, 2.75) is 63.1 Å². The van der Waals surface area contributed by atoms with Crippen molar-refractivity contribution in [3.8, 4) is 6.07 Å². The summed E-state index contributed by atoms with van der Waals surface area (Å²) in [5.41, 5.74) is -0.556. The van der Waals surface area contributed by atoms with Crippen LogP contribution in [0, 0.1) is 29.1 Å². The molecule has 3 heteroatoms. The summed E-state index contributed by atoms with van der Waals surface area (Å²) in [7, 11) is 0. The van der Waals surface area contributed by atoms with Gasteiger partial charge in [0.05, 0.1) is 6.07 Å². The van der Waals surface area contributed by atoms with Crippen LogP contribution in [-0.4, -0.2) is 22.7 Å². The molecule has 2 unspecified atom stereocenters. The zero-order valence-electron chi connectivity index (χ0n) is 10.4. The van der Waals surface area contributed by atoms with Gasteiger partial charge < -0.3 is 0 Å². The van der Waals surface area contributed by atoms with Crippen LogP contribution in [0.5, 0.6) is 0 Å². The second-order valence-electron chi connectivity index (χ2n) is 6.89. The molecule has 17 heavy (non-hydrogen) atoms. The number of nitriles is 1. The van der Waals surface area contributed by atoms with Crippen LogP contribution in [-0.2, 0) is 4.84 Å². The summed E-state index contributed by atoms with van der Waals surface area (Å²) in [5, 5.41) is 11.5. The summed E-state index contributed by atoms with van der Waals surface area (Å²) >= 11 is 0. The fourth-order valence-corrected chi connectivity index (χ4v) is 5.00. The van der Waals surface area contributed by atoms with Crippen molar-refractivity contribution >= 4 is 0 Å². The average Bonchev–Trinajstić information content (AvgIpc) is 2.60. The van der Waals surface area contributed by atoms with Crippen LogP contribution in [0.25, 0.3) is 0 Å². The average molecular weight is 232 g/mol. The molecule has 3 nitrogen and oxygen atoms in total. The number of hydrogen-bond acceptors (Lipinski definition) is 3. The van der Waals surface area contributed by atoms with Gasteiger partial charge in [-0.15, -0.1) is 0 Å². The summed E-state index contributed by atoms with van der Waals surface area (Å²) in [6, 6.07) is 3.50. The lowest BCUT2D eigenvalue weighted by Crippen LogP contribution is -2.39. The van der Waals surface area contributed by atoms with Gasteiger partial charge in [0.2, 0.25) is 0 Å². The Morgan fingerprint density at radius 2 is 1.88 bits per heavy atom. The van der Waals surface area contributed by atoms with Crippen LogP contribution >= 0.6 is 0 Å². The lowest BCUT2D eigenvalue weighted by molar-refractivity contribution is -0.209. The van der Waals surface area contributed by atoms with Crippen molar-refractivity contribution in [1.29, 1.82) is 5.26 Å². The molecular weight excluding hydrogens is 212 g/mol. The van der Waals surface area contributed by atoms with Gasteiger partial charge in [-0.05, 0) is 56.8 Å². The molecule has 0 radical (unpaired) electrons. The van der Waals surface area contributed by atoms with E-state index >= 15 is 0 Å². The third-order valence-corrected chi connectivity index (χ3v) is 5.52. The predicted octanol–water partition coefficient (Wildman–Crippen LogP) is 2.48. The summed E-state index contributed by atoms with van der Waals surface area (Å²) < 4.78 is 0. The zero-order valence-corrected chi connectivity index (χ0v) is 10.4. The second-order valence-corrected chi connectivity index (χ2v) is 6.89. The molecule has 3 saturated heterocycles. The van der Waals surface area contributed by atoms with Gasteiger partial charge in [0.25, 0.3) is 0 Å². The quantitative estimate of drug-likeness (QED) is 0.643. The highest BCUT2D eigenvalue weighted by Gasteiger charge is 2.55. The van der Waals surface area contributed by atoms with Crippen molar-refractivity contribution in [2.24, 2.45) is 17.8 Å². The van der Waals surface area contributed by atoms with Gasteiger partial charge in [-0.25, -0.2) is 0 Å². The van der Waals surface area contributed by atoms with Crippen LogP contribution in [0.2, 0.25) is 0 Å². The first-order valence-corrected chi connectivity index (χ1v) is 7.05. The van der Waals surface area contributed by atoms with Gasteiger partial charge >= 0.3 is 0 Å². The highest BCUT2D eigenvalue weighted by Crippen LogP contribution is 2.53. The van der Waals surface area contributed by atoms with Crippen LogP contribution in [0.3, 0.4) is 0 Å². The maximum atomic E-state index is 9.26. The van der Waals surface area contributed by atoms with Gasteiger partial charge in [0.15, 0.2) is 5.60 Å². The summed E-state index contributed by atoms with van der Waals surface area (Å²) in [6.45, 7) is 1.96. The summed E-state index contributed by atoms with van der Waals surface area (Å²) in [4.78, 5) is 6.04. The van der Waals surface area contributed by atoms with Crippen LogP contribution in [0.15, 0.2) is 0 Å². The lowest BCUT2D eigenvalue weighted by atomic mass is 9.67. The molecule has 5 rings (SSSR count). The molecule has 3 aliphatic heterocycles. The molecule has 4 atom stereocenters. The Labute approximate surface area is 103 Å². The Balaban J connectivity index is 1.70. The molecule has 2 saturated carbocycles. The van der Waals surface area contributed by atoms with E-state index in [2.05, 4.69) is 11.1 Å². The molecule has 92 valence electrons. The number of hydroxylamine groups is 2. The minimum absolute atomic E-state index is 0.528. The Bertz CT molecular complexity index is 350. The third-order valence-electron chi connectivity index (χ3n) is 5.52. The van der Waals surface area contributed by atoms with E-state index in [4.69, 9.17) is 4.84 Å². The highest BCUT2D eigenvalue weighted by atomic mass is 16.7. The molecule has 0 amide bonds. The van der Waals surface area contributed by atoms with E-state index in [9.17, 15) is 5.26 Å². The Morgan fingerprint density at radius 3 is 2.53 bits per heavy atom. The number of rotatable bonds is 0. The topological polar surface area (TPSA) is 36.3 Å². The van der Waals surface area contributed by atoms with Gasteiger partial charge in [-0.2, -0.15) is 10.3 Å². The smallest absolute Gasteiger partial charge is 0.174 e. The van der Waals surface area contributed by atoms with E-state index in [1.807, 2.05) is 6.92 Å². The molecule has 0 aromatic carbocycles. The van der Waals surface area contributed by atoms with Crippen LogP contribution in [0.1, 0.15) is 45.4 Å². The van der Waals surface area contributed by atoms with Crippen molar-refractivity contribution in [2.75, 3.05) is 0 Å². The monoisotopic (exact) mass is 232 g/mol. The molecule has 2 aliphatic carbocycles. The van der Waals surface area contributed by atoms with E-state index in [1.54, 1.807) is 0 Å². The van der Waals surface area contributed by atoms with Crippen molar-refractivity contribution in [3.63, 3.8) is 0 Å². The van der Waals surface area contributed by atoms with Crippen molar-refractivity contribution in [1.82, 2.24) is 5.06 Å². The SMILES string of the molecule is C[C@@]1(C#N)C[C@@H]2C3CC4CC(C3)CC(C4)N2O1. The Hall–Kier alpha value is -0.590. The van der Waals surface area contributed by atoms with Crippen LogP contribution in [0.4, 0.5) is 0 Å². The molecule has 5 fully saturated rings. The summed E-state index contributed by atoms with van der Waals surface area (Å²) in [5.74, 6) is 2.68. The molecular formula is C14H20N2O. The fourth-order valence-electron chi connectivity index (χ4n) is 5.00. The molecule has 5 aliphatic rings. The summed E-state index contributed by atoms with van der Waals surface area (Å²) in [6.07, 6.45) is 7.78. The lowest BCUT2D eigenvalue weighted by Gasteiger charge is -2.39. The zero-order chi connectivity index (χ0) is 11.6. The third kappa shape index (κ3) is 1.41. The number of nitrogens with zero attached hydrogens (tertiary/aromatic N) is 2. The van der Waals surface area contributed by atoms with Crippen molar-refractivity contribution < 1.29 is 4.84 Å². The van der Waals surface area contributed by atoms with E-state index in [0.29, 0.717) is 12.1 Å². The Kier molecular flexibility index (Phi) is 1.97. The predicted molar refractivity (Wildman–Crippen MR) is 62.7 cm³/mol. The molecule has 4 bridgehead atoms. The maximum absolute atomic E-state index is 9.26. The Morgan fingerprint density at radius 1 is 1.18 bits per heavy atom. The van der Waals surface area contributed by atoms with E-state index < -0.39 is 5.60 Å². The van der Waals surface area contributed by atoms with Crippen molar-refractivity contribution in [3.05, 3.63) is 0 Å². The minimum Gasteiger partial charge on any atom is -0.277 e. The van der Waals surface area contributed by atoms with E-state index in [-0.39, 0.29) is 0 Å². The van der Waals surface area contributed by atoms with E-state index in [0.717, 1.165) is 24.2 Å². The standard InChI is InChI=1S/C14H20N2O/c1-14(8-15)7-13-11-3-9-2-10(4-11)6-12(5-9)16(13)17-14/h9-13H,2-7H2,1H3/t9?,10?,11?,12?,13-,14+/m1/s1. The highest BCUT2D eigenvalue weighted by molar-refractivity contribution is 5.09. The largest absolute Gasteiger partial charge is 0.277 e.